The van der Waals surface area contributed by atoms with Crippen LogP contribution >= 0.6 is 0 Å². The van der Waals surface area contributed by atoms with E-state index < -0.39 is 0 Å². The maximum atomic E-state index is 9.12. The summed E-state index contributed by atoms with van der Waals surface area (Å²) in [6.45, 7) is 12.6. The normalized spacial score (nSPS) is 14.1. The zero-order valence-corrected chi connectivity index (χ0v) is 11.7. The van der Waals surface area contributed by atoms with E-state index in [1.807, 2.05) is 7.05 Å². The van der Waals surface area contributed by atoms with Gasteiger partial charge in [0.2, 0.25) is 0 Å². The van der Waals surface area contributed by atoms with Gasteiger partial charge >= 0.3 is 0 Å². The number of aliphatic hydroxyl groups is 1. The first-order chi connectivity index (χ1) is 7.49. The van der Waals surface area contributed by atoms with Crippen LogP contribution in [0.25, 0.3) is 0 Å². The molecule has 0 radical (unpaired) electrons. The standard InChI is InChI=1S/C13H30N2O/c1-11(2)8-15(9-12(3)4)7-6-13(10-16)14-5/h11-14,16H,6-10H2,1-5H3. The summed E-state index contributed by atoms with van der Waals surface area (Å²) in [4.78, 5) is 2.51. The lowest BCUT2D eigenvalue weighted by molar-refractivity contribution is 0.187. The molecule has 16 heavy (non-hydrogen) atoms. The van der Waals surface area contributed by atoms with Crippen molar-refractivity contribution >= 4 is 0 Å². The second-order valence-corrected chi connectivity index (χ2v) is 5.50. The highest BCUT2D eigenvalue weighted by Gasteiger charge is 2.12. The van der Waals surface area contributed by atoms with Gasteiger partial charge < -0.3 is 15.3 Å². The maximum absolute atomic E-state index is 9.12. The lowest BCUT2D eigenvalue weighted by atomic mass is 10.1. The van der Waals surface area contributed by atoms with Crippen molar-refractivity contribution < 1.29 is 5.11 Å². The van der Waals surface area contributed by atoms with Crippen molar-refractivity contribution in [2.45, 2.75) is 40.2 Å². The Hall–Kier alpha value is -0.120. The van der Waals surface area contributed by atoms with Gasteiger partial charge in [-0.2, -0.15) is 0 Å². The number of likely N-dealkylation sites (N-methyl/N-ethyl adjacent to an activating group) is 1. The third-order valence-electron chi connectivity index (χ3n) is 2.67. The van der Waals surface area contributed by atoms with Crippen LogP contribution in [-0.2, 0) is 0 Å². The number of hydrogen-bond donors (Lipinski definition) is 2. The molecular formula is C13H30N2O. The molecule has 0 fully saturated rings. The van der Waals surface area contributed by atoms with Crippen molar-refractivity contribution in [1.29, 1.82) is 0 Å². The average molecular weight is 230 g/mol. The predicted octanol–water partition coefficient (Wildman–Crippen LogP) is 1.57. The van der Waals surface area contributed by atoms with E-state index in [1.54, 1.807) is 0 Å². The summed E-state index contributed by atoms with van der Waals surface area (Å²) in [7, 11) is 1.91. The lowest BCUT2D eigenvalue weighted by Crippen LogP contribution is -2.37. The van der Waals surface area contributed by atoms with Crippen LogP contribution in [0.1, 0.15) is 34.1 Å². The van der Waals surface area contributed by atoms with Gasteiger partial charge in [-0.1, -0.05) is 27.7 Å². The van der Waals surface area contributed by atoms with Crippen molar-refractivity contribution in [3.63, 3.8) is 0 Å². The lowest BCUT2D eigenvalue weighted by Gasteiger charge is -2.27. The molecule has 3 heteroatoms. The van der Waals surface area contributed by atoms with Crippen LogP contribution in [-0.4, -0.2) is 49.3 Å². The van der Waals surface area contributed by atoms with E-state index in [-0.39, 0.29) is 12.6 Å². The molecule has 3 nitrogen and oxygen atoms in total. The topological polar surface area (TPSA) is 35.5 Å². The summed E-state index contributed by atoms with van der Waals surface area (Å²) >= 11 is 0. The molecule has 0 aromatic heterocycles. The molecule has 98 valence electrons. The number of nitrogens with one attached hydrogen (secondary N) is 1. The Labute approximate surface area is 101 Å². The minimum atomic E-state index is 0.230. The highest BCUT2D eigenvalue weighted by molar-refractivity contribution is 4.68. The molecule has 0 rings (SSSR count). The van der Waals surface area contributed by atoms with Crippen molar-refractivity contribution in [3.8, 4) is 0 Å². The first kappa shape index (κ1) is 15.9. The van der Waals surface area contributed by atoms with Crippen LogP contribution in [0.4, 0.5) is 0 Å². The predicted molar refractivity (Wildman–Crippen MR) is 70.7 cm³/mol. The van der Waals surface area contributed by atoms with Crippen LogP contribution in [0.15, 0.2) is 0 Å². The van der Waals surface area contributed by atoms with Crippen molar-refractivity contribution in [2.75, 3.05) is 33.3 Å². The second kappa shape index (κ2) is 8.97. The molecule has 0 heterocycles. The van der Waals surface area contributed by atoms with E-state index in [4.69, 9.17) is 5.11 Å². The third-order valence-corrected chi connectivity index (χ3v) is 2.67. The van der Waals surface area contributed by atoms with Gasteiger partial charge in [-0.15, -0.1) is 0 Å². The molecule has 0 spiro atoms. The van der Waals surface area contributed by atoms with E-state index in [0.29, 0.717) is 11.8 Å². The molecule has 0 aromatic carbocycles. The molecule has 0 aromatic rings. The van der Waals surface area contributed by atoms with E-state index in [2.05, 4.69) is 37.9 Å². The average Bonchev–Trinajstić information content (AvgIpc) is 2.17. The van der Waals surface area contributed by atoms with Gasteiger partial charge in [-0.25, -0.2) is 0 Å². The Bertz CT molecular complexity index is 146. The van der Waals surface area contributed by atoms with Crippen molar-refractivity contribution in [2.24, 2.45) is 11.8 Å². The highest BCUT2D eigenvalue weighted by atomic mass is 16.3. The largest absolute Gasteiger partial charge is 0.395 e. The number of hydrogen-bond acceptors (Lipinski definition) is 3. The molecule has 0 aliphatic heterocycles. The molecule has 2 N–H and O–H groups in total. The molecule has 0 amide bonds. The zero-order chi connectivity index (χ0) is 12.6. The van der Waals surface area contributed by atoms with Gasteiger partial charge in [0.15, 0.2) is 0 Å². The van der Waals surface area contributed by atoms with E-state index in [1.165, 1.54) is 0 Å². The zero-order valence-electron chi connectivity index (χ0n) is 11.7. The van der Waals surface area contributed by atoms with Crippen molar-refractivity contribution in [1.82, 2.24) is 10.2 Å². The Morgan fingerprint density at radius 2 is 1.56 bits per heavy atom. The summed E-state index contributed by atoms with van der Waals surface area (Å²) in [5, 5.41) is 12.3. The number of nitrogens with zero attached hydrogens (tertiary/aromatic N) is 1. The van der Waals surface area contributed by atoms with Crippen molar-refractivity contribution in [3.05, 3.63) is 0 Å². The van der Waals surface area contributed by atoms with Gasteiger partial charge in [0.1, 0.15) is 0 Å². The summed E-state index contributed by atoms with van der Waals surface area (Å²) in [6, 6.07) is 0.238. The number of rotatable bonds is 9. The van der Waals surface area contributed by atoms with Crippen LogP contribution in [0.5, 0.6) is 0 Å². The smallest absolute Gasteiger partial charge is 0.0585 e. The summed E-state index contributed by atoms with van der Waals surface area (Å²) in [5.41, 5.74) is 0. The van der Waals surface area contributed by atoms with Gasteiger partial charge in [-0.05, 0) is 31.8 Å². The SMILES string of the molecule is CNC(CO)CCN(CC(C)C)CC(C)C. The number of aliphatic hydroxyl groups excluding tert-OH is 1. The van der Waals surface area contributed by atoms with E-state index in [9.17, 15) is 0 Å². The monoisotopic (exact) mass is 230 g/mol. The summed E-state index contributed by atoms with van der Waals surface area (Å²) < 4.78 is 0. The second-order valence-electron chi connectivity index (χ2n) is 5.50. The van der Waals surface area contributed by atoms with Gasteiger partial charge in [0.25, 0.3) is 0 Å². The quantitative estimate of drug-likeness (QED) is 0.631. The molecule has 0 aliphatic carbocycles. The van der Waals surface area contributed by atoms with Crippen LogP contribution in [0.3, 0.4) is 0 Å². The van der Waals surface area contributed by atoms with Crippen LogP contribution in [0.2, 0.25) is 0 Å². The first-order valence-corrected chi connectivity index (χ1v) is 6.50. The van der Waals surface area contributed by atoms with Crippen LogP contribution in [0, 0.1) is 11.8 Å². The molecule has 0 bridgehead atoms. The van der Waals surface area contributed by atoms with Crippen LogP contribution < -0.4 is 5.32 Å². The van der Waals surface area contributed by atoms with Gasteiger partial charge in [0.05, 0.1) is 6.61 Å². The third kappa shape index (κ3) is 8.08. The molecule has 1 atom stereocenters. The first-order valence-electron chi connectivity index (χ1n) is 6.50. The molecule has 0 aliphatic rings. The highest BCUT2D eigenvalue weighted by Crippen LogP contribution is 2.05. The molecule has 0 saturated heterocycles. The fourth-order valence-corrected chi connectivity index (χ4v) is 1.96. The molecular weight excluding hydrogens is 200 g/mol. The Kier molecular flexibility index (Phi) is 8.90. The Balaban J connectivity index is 3.99. The van der Waals surface area contributed by atoms with Gasteiger partial charge in [0, 0.05) is 19.1 Å². The van der Waals surface area contributed by atoms with Gasteiger partial charge in [-0.3, -0.25) is 0 Å². The minimum absolute atomic E-state index is 0.230. The summed E-state index contributed by atoms with van der Waals surface area (Å²) in [5.74, 6) is 1.42. The fraction of sp³-hybridized carbons (Fsp3) is 1.00. The minimum Gasteiger partial charge on any atom is -0.395 e. The molecule has 0 saturated carbocycles. The summed E-state index contributed by atoms with van der Waals surface area (Å²) in [6.07, 6.45) is 1.02. The Morgan fingerprint density at radius 1 is 1.06 bits per heavy atom. The molecule has 1 unspecified atom stereocenters. The maximum Gasteiger partial charge on any atom is 0.0585 e. The fourth-order valence-electron chi connectivity index (χ4n) is 1.96. The Morgan fingerprint density at radius 3 is 1.88 bits per heavy atom. The van der Waals surface area contributed by atoms with E-state index in [0.717, 1.165) is 26.1 Å². The van der Waals surface area contributed by atoms with E-state index >= 15 is 0 Å².